The Balaban J connectivity index is 1.92. The molecule has 34 heavy (non-hydrogen) atoms. The molecule has 0 radical (unpaired) electrons. The van der Waals surface area contributed by atoms with Gasteiger partial charge in [0.15, 0.2) is 0 Å². The van der Waals surface area contributed by atoms with Crippen LogP contribution >= 0.6 is 0 Å². The number of hydrogen-bond acceptors (Lipinski definition) is 3. The highest BCUT2D eigenvalue weighted by atomic mass is 15.1. The molecule has 0 unspecified atom stereocenters. The van der Waals surface area contributed by atoms with E-state index in [2.05, 4.69) is 128 Å². The van der Waals surface area contributed by atoms with Crippen LogP contribution in [0.3, 0.4) is 0 Å². The van der Waals surface area contributed by atoms with Crippen molar-refractivity contribution in [2.24, 2.45) is 4.99 Å². The van der Waals surface area contributed by atoms with E-state index in [1.165, 1.54) is 44.4 Å². The van der Waals surface area contributed by atoms with Crippen molar-refractivity contribution in [2.45, 2.75) is 27.7 Å². The SMILES string of the molecule is CCN=C1C=CC(=C(c2ccc(N(CC)CC)cc2)c2ccc(NCC)c3ccccc23)C=C1. The fourth-order valence-electron chi connectivity index (χ4n) is 4.68. The summed E-state index contributed by atoms with van der Waals surface area (Å²) in [5.41, 5.74) is 8.37. The highest BCUT2D eigenvalue weighted by molar-refractivity contribution is 6.09. The number of allylic oxidation sites excluding steroid dienone is 5. The van der Waals surface area contributed by atoms with Crippen LogP contribution in [0.4, 0.5) is 11.4 Å². The monoisotopic (exact) mass is 449 g/mol. The third kappa shape index (κ3) is 4.84. The molecule has 0 aromatic heterocycles. The number of anilines is 2. The van der Waals surface area contributed by atoms with Gasteiger partial charge in [0.1, 0.15) is 0 Å². The van der Waals surface area contributed by atoms with Crippen molar-refractivity contribution in [3.63, 3.8) is 0 Å². The average molecular weight is 450 g/mol. The molecule has 0 bridgehead atoms. The first kappa shape index (κ1) is 23.6. The maximum atomic E-state index is 4.56. The normalized spacial score (nSPS) is 12.8. The summed E-state index contributed by atoms with van der Waals surface area (Å²) in [6, 6.07) is 22.2. The molecule has 4 rings (SSSR count). The Morgan fingerprint density at radius 2 is 1.44 bits per heavy atom. The van der Waals surface area contributed by atoms with Gasteiger partial charge < -0.3 is 10.2 Å². The fourth-order valence-corrected chi connectivity index (χ4v) is 4.68. The van der Waals surface area contributed by atoms with E-state index in [1.807, 2.05) is 0 Å². The first-order valence-corrected chi connectivity index (χ1v) is 12.5. The van der Waals surface area contributed by atoms with Crippen LogP contribution in [0, 0.1) is 0 Å². The van der Waals surface area contributed by atoms with Gasteiger partial charge in [0.05, 0.1) is 5.71 Å². The van der Waals surface area contributed by atoms with Gasteiger partial charge in [-0.15, -0.1) is 0 Å². The minimum Gasteiger partial charge on any atom is -0.385 e. The third-order valence-corrected chi connectivity index (χ3v) is 6.34. The number of benzene rings is 3. The van der Waals surface area contributed by atoms with E-state index < -0.39 is 0 Å². The molecule has 0 amide bonds. The first-order valence-electron chi connectivity index (χ1n) is 12.5. The third-order valence-electron chi connectivity index (χ3n) is 6.34. The van der Waals surface area contributed by atoms with Crippen molar-refractivity contribution < 1.29 is 0 Å². The number of fused-ring (bicyclic) bond motifs is 1. The van der Waals surface area contributed by atoms with Crippen LogP contribution in [0.25, 0.3) is 16.3 Å². The van der Waals surface area contributed by atoms with E-state index in [1.54, 1.807) is 0 Å². The molecule has 3 heteroatoms. The molecular formula is C31H35N3. The van der Waals surface area contributed by atoms with Crippen LogP contribution in [0.2, 0.25) is 0 Å². The standard InChI is InChI=1S/C31H35N3/c1-5-32-25-17-13-23(14-18-25)31(24-15-19-26(20-16-24)34(7-3)8-4)29-21-22-30(33-6-2)28-12-10-9-11-27(28)29/h9-22,33H,5-8H2,1-4H3. The number of nitrogens with one attached hydrogen (secondary N) is 1. The van der Waals surface area contributed by atoms with Crippen molar-refractivity contribution in [1.29, 1.82) is 0 Å². The highest BCUT2D eigenvalue weighted by Gasteiger charge is 2.16. The topological polar surface area (TPSA) is 27.6 Å². The molecule has 0 saturated carbocycles. The molecule has 1 N–H and O–H groups in total. The van der Waals surface area contributed by atoms with Crippen molar-refractivity contribution in [3.05, 3.63) is 102 Å². The van der Waals surface area contributed by atoms with E-state index in [-0.39, 0.29) is 0 Å². The zero-order valence-corrected chi connectivity index (χ0v) is 20.8. The Bertz CT molecular complexity index is 1240. The van der Waals surface area contributed by atoms with Gasteiger partial charge in [-0.2, -0.15) is 0 Å². The number of nitrogens with zero attached hydrogens (tertiary/aromatic N) is 2. The predicted molar refractivity (Wildman–Crippen MR) is 150 cm³/mol. The fraction of sp³-hybridized carbons (Fsp3) is 0.258. The Morgan fingerprint density at radius 3 is 2.06 bits per heavy atom. The van der Waals surface area contributed by atoms with Gasteiger partial charge in [-0.25, -0.2) is 0 Å². The quantitative estimate of drug-likeness (QED) is 0.385. The molecule has 0 fully saturated rings. The molecular weight excluding hydrogens is 414 g/mol. The summed E-state index contributed by atoms with van der Waals surface area (Å²) >= 11 is 0. The molecule has 1 aliphatic rings. The Labute approximate surface area is 204 Å². The second-order valence-corrected chi connectivity index (χ2v) is 8.35. The minimum absolute atomic E-state index is 0.791. The van der Waals surface area contributed by atoms with Crippen LogP contribution < -0.4 is 10.2 Å². The van der Waals surface area contributed by atoms with Crippen LogP contribution in [0.15, 0.2) is 95.5 Å². The van der Waals surface area contributed by atoms with E-state index in [4.69, 9.17) is 0 Å². The van der Waals surface area contributed by atoms with Crippen molar-refractivity contribution in [1.82, 2.24) is 0 Å². The van der Waals surface area contributed by atoms with E-state index >= 15 is 0 Å². The molecule has 0 heterocycles. The highest BCUT2D eigenvalue weighted by Crippen LogP contribution is 2.37. The molecule has 174 valence electrons. The van der Waals surface area contributed by atoms with Crippen LogP contribution in [0.5, 0.6) is 0 Å². The Morgan fingerprint density at radius 1 is 0.765 bits per heavy atom. The lowest BCUT2D eigenvalue weighted by Crippen LogP contribution is -2.21. The first-order chi connectivity index (χ1) is 16.7. The second kappa shape index (κ2) is 11.0. The molecule has 0 aliphatic heterocycles. The summed E-state index contributed by atoms with van der Waals surface area (Å²) in [6.07, 6.45) is 8.65. The van der Waals surface area contributed by atoms with Gasteiger partial charge in [-0.3, -0.25) is 4.99 Å². The van der Waals surface area contributed by atoms with Gasteiger partial charge in [0.2, 0.25) is 0 Å². The van der Waals surface area contributed by atoms with Gasteiger partial charge >= 0.3 is 0 Å². The molecule has 3 aromatic carbocycles. The maximum Gasteiger partial charge on any atom is 0.0574 e. The lowest BCUT2D eigenvalue weighted by Gasteiger charge is -2.22. The summed E-state index contributed by atoms with van der Waals surface area (Å²) in [4.78, 5) is 6.94. The predicted octanol–water partition coefficient (Wildman–Crippen LogP) is 7.51. The van der Waals surface area contributed by atoms with E-state index in [0.29, 0.717) is 0 Å². The summed E-state index contributed by atoms with van der Waals surface area (Å²) in [5, 5.41) is 6.03. The van der Waals surface area contributed by atoms with Crippen LogP contribution in [-0.4, -0.2) is 31.9 Å². The van der Waals surface area contributed by atoms with Crippen LogP contribution in [0.1, 0.15) is 38.8 Å². The summed E-state index contributed by atoms with van der Waals surface area (Å²) < 4.78 is 0. The van der Waals surface area contributed by atoms with Gasteiger partial charge in [0.25, 0.3) is 0 Å². The largest absolute Gasteiger partial charge is 0.385 e. The smallest absolute Gasteiger partial charge is 0.0574 e. The van der Waals surface area contributed by atoms with Gasteiger partial charge in [0, 0.05) is 42.9 Å². The lowest BCUT2D eigenvalue weighted by atomic mass is 9.87. The number of rotatable bonds is 8. The van der Waals surface area contributed by atoms with E-state index in [0.717, 1.165) is 31.9 Å². The van der Waals surface area contributed by atoms with Crippen LogP contribution in [-0.2, 0) is 0 Å². The molecule has 0 spiro atoms. The van der Waals surface area contributed by atoms with E-state index in [9.17, 15) is 0 Å². The lowest BCUT2D eigenvalue weighted by molar-refractivity contribution is 0.866. The Kier molecular flexibility index (Phi) is 7.64. The van der Waals surface area contributed by atoms with Crippen molar-refractivity contribution in [2.75, 3.05) is 36.4 Å². The summed E-state index contributed by atoms with van der Waals surface area (Å²) in [7, 11) is 0. The summed E-state index contributed by atoms with van der Waals surface area (Å²) in [5.74, 6) is 0. The van der Waals surface area contributed by atoms with Crippen molar-refractivity contribution >= 4 is 33.4 Å². The summed E-state index contributed by atoms with van der Waals surface area (Å²) in [6.45, 7) is 12.3. The zero-order valence-electron chi connectivity index (χ0n) is 20.8. The average Bonchev–Trinajstić information content (AvgIpc) is 2.88. The Hall–Kier alpha value is -3.59. The minimum atomic E-state index is 0.791. The molecule has 0 atom stereocenters. The molecule has 3 aromatic rings. The van der Waals surface area contributed by atoms with Crippen molar-refractivity contribution in [3.8, 4) is 0 Å². The number of aliphatic imine (C=N–C) groups is 1. The zero-order chi connectivity index (χ0) is 23.9. The van der Waals surface area contributed by atoms with Gasteiger partial charge in [-0.05, 0) is 85.7 Å². The maximum absolute atomic E-state index is 4.56. The molecule has 0 saturated heterocycles. The molecule has 1 aliphatic carbocycles. The number of hydrogen-bond donors (Lipinski definition) is 1. The second-order valence-electron chi connectivity index (χ2n) is 8.35. The molecule has 3 nitrogen and oxygen atoms in total. The van der Waals surface area contributed by atoms with Gasteiger partial charge in [-0.1, -0.05) is 54.6 Å².